The molecule has 0 saturated heterocycles. The number of aromatic nitrogens is 1. The first-order valence-electron chi connectivity index (χ1n) is 7.38. The number of hydrogen-bond acceptors (Lipinski definition) is 5. The average molecular weight is 425 g/mol. The molecular weight excluding hydrogens is 411 g/mol. The molecule has 0 bridgehead atoms. The molecule has 0 unspecified atom stereocenters. The zero-order valence-electron chi connectivity index (χ0n) is 12.7. The molecule has 1 aromatic heterocycles. The molecule has 1 atom stereocenters. The van der Waals surface area contributed by atoms with Crippen molar-refractivity contribution in [3.63, 3.8) is 0 Å². The summed E-state index contributed by atoms with van der Waals surface area (Å²) in [5.41, 5.74) is 4.78. The minimum atomic E-state index is -1.58. The number of rotatable bonds is 2. The summed E-state index contributed by atoms with van der Waals surface area (Å²) >= 11 is 0. The standard InChI is InChI=1S/C16H15FN2O4.Ag/c1-7-6-23-14-11(16(18)2-3-16)10(17)4-8-12(14)19(7)5-9(13(8)20)15(21)22;/h4-5,7H,2-3,6,18H2,1H3,(H,21,22);/q;+1/p-1/t7-;/m0./s1. The Bertz CT molecular complexity index is 936. The van der Waals surface area contributed by atoms with E-state index in [1.165, 1.54) is 6.20 Å². The summed E-state index contributed by atoms with van der Waals surface area (Å²) in [6, 6.07) is 0.864. The Morgan fingerprint density at radius 3 is 2.75 bits per heavy atom. The van der Waals surface area contributed by atoms with E-state index >= 15 is 0 Å². The van der Waals surface area contributed by atoms with Gasteiger partial charge in [-0.25, -0.2) is 4.39 Å². The normalized spacial score (nSPS) is 20.2. The number of ether oxygens (including phenoxy) is 1. The molecule has 0 spiro atoms. The van der Waals surface area contributed by atoms with Gasteiger partial charge in [0.2, 0.25) is 0 Å². The van der Waals surface area contributed by atoms with Crippen LogP contribution in [0.3, 0.4) is 0 Å². The van der Waals surface area contributed by atoms with E-state index in [1.54, 1.807) is 4.57 Å². The van der Waals surface area contributed by atoms with Crippen LogP contribution in [-0.2, 0) is 27.9 Å². The summed E-state index contributed by atoms with van der Waals surface area (Å²) in [6.45, 7) is 2.06. The van der Waals surface area contributed by atoms with Gasteiger partial charge < -0.3 is 24.9 Å². The summed E-state index contributed by atoms with van der Waals surface area (Å²) in [6.07, 6.45) is 2.53. The van der Waals surface area contributed by atoms with Gasteiger partial charge in [0.05, 0.1) is 34.0 Å². The summed E-state index contributed by atoms with van der Waals surface area (Å²) in [7, 11) is 0. The van der Waals surface area contributed by atoms with E-state index in [-0.39, 0.29) is 51.7 Å². The summed E-state index contributed by atoms with van der Waals surface area (Å²) in [4.78, 5) is 23.6. The SMILES string of the molecule is C[C@H]1COc2c(C3(N)CC3)c(F)cc3c(=O)c(C(=O)[O-])cn1c23.[Ag+]. The van der Waals surface area contributed by atoms with Crippen LogP contribution >= 0.6 is 0 Å². The maximum Gasteiger partial charge on any atom is 1.00 e. The van der Waals surface area contributed by atoms with E-state index in [4.69, 9.17) is 10.5 Å². The largest absolute Gasteiger partial charge is 1.00 e. The number of carboxylic acid groups (broad SMARTS) is 1. The van der Waals surface area contributed by atoms with E-state index in [0.29, 0.717) is 18.4 Å². The van der Waals surface area contributed by atoms with Crippen molar-refractivity contribution in [2.24, 2.45) is 5.73 Å². The van der Waals surface area contributed by atoms with Gasteiger partial charge in [0, 0.05) is 11.7 Å². The van der Waals surface area contributed by atoms with Crippen LogP contribution in [0, 0.1) is 5.82 Å². The van der Waals surface area contributed by atoms with Gasteiger partial charge in [0.15, 0.2) is 11.2 Å². The Kier molecular flexibility index (Phi) is 3.88. The molecular formula is C16H14AgFN2O4. The van der Waals surface area contributed by atoms with Crippen molar-refractivity contribution >= 4 is 16.9 Å². The smallest absolute Gasteiger partial charge is 0.545 e. The molecule has 2 aliphatic rings. The van der Waals surface area contributed by atoms with E-state index in [0.717, 1.165) is 6.07 Å². The van der Waals surface area contributed by atoms with Crippen molar-refractivity contribution in [1.82, 2.24) is 4.57 Å². The first-order valence-corrected chi connectivity index (χ1v) is 7.38. The molecule has 6 nitrogen and oxygen atoms in total. The van der Waals surface area contributed by atoms with Crippen molar-refractivity contribution < 1.29 is 41.4 Å². The van der Waals surface area contributed by atoms with E-state index < -0.39 is 28.3 Å². The molecule has 130 valence electrons. The van der Waals surface area contributed by atoms with Crippen LogP contribution in [0.4, 0.5) is 4.39 Å². The molecule has 2 aromatic rings. The van der Waals surface area contributed by atoms with Gasteiger partial charge in [-0.15, -0.1) is 0 Å². The topological polar surface area (TPSA) is 97.4 Å². The van der Waals surface area contributed by atoms with E-state index in [9.17, 15) is 19.1 Å². The van der Waals surface area contributed by atoms with E-state index in [1.807, 2.05) is 6.92 Å². The maximum atomic E-state index is 14.6. The van der Waals surface area contributed by atoms with Crippen molar-refractivity contribution in [3.05, 3.63) is 39.4 Å². The number of carbonyl (C=O) groups excluding carboxylic acids is 1. The zero-order valence-corrected chi connectivity index (χ0v) is 14.2. The minimum absolute atomic E-state index is 0. The third-order valence-electron chi connectivity index (χ3n) is 4.67. The number of hydrogen-bond donors (Lipinski definition) is 1. The molecule has 1 aromatic carbocycles. The van der Waals surface area contributed by atoms with Crippen LogP contribution in [0.25, 0.3) is 10.9 Å². The molecule has 0 radical (unpaired) electrons. The number of nitrogens with zero attached hydrogens (tertiary/aromatic N) is 1. The van der Waals surface area contributed by atoms with Gasteiger partial charge in [-0.2, -0.15) is 0 Å². The van der Waals surface area contributed by atoms with Gasteiger partial charge in [-0.3, -0.25) is 4.79 Å². The number of benzene rings is 1. The predicted molar refractivity (Wildman–Crippen MR) is 77.8 cm³/mol. The third kappa shape index (κ3) is 2.23. The van der Waals surface area contributed by atoms with Gasteiger partial charge in [-0.05, 0) is 25.8 Å². The predicted octanol–water partition coefficient (Wildman–Crippen LogP) is 0.403. The maximum absolute atomic E-state index is 14.6. The number of carbonyl (C=O) groups is 1. The fraction of sp³-hybridized carbons (Fsp3) is 0.375. The number of halogens is 1. The number of aromatic carboxylic acids is 1. The molecule has 8 heteroatoms. The molecule has 1 aliphatic carbocycles. The average Bonchev–Trinajstić information content (AvgIpc) is 3.22. The fourth-order valence-electron chi connectivity index (χ4n) is 3.22. The summed E-state index contributed by atoms with van der Waals surface area (Å²) in [5, 5.41) is 11.2. The Balaban J connectivity index is 0.00000169. The quantitative estimate of drug-likeness (QED) is 0.703. The van der Waals surface area contributed by atoms with Crippen molar-refractivity contribution in [2.45, 2.75) is 31.3 Å². The van der Waals surface area contributed by atoms with Gasteiger partial charge in [0.1, 0.15) is 12.4 Å². The number of carboxylic acids is 1. The molecule has 1 aliphatic heterocycles. The molecule has 2 N–H and O–H groups in total. The molecule has 1 fully saturated rings. The molecule has 4 rings (SSSR count). The van der Waals surface area contributed by atoms with Crippen LogP contribution in [0.15, 0.2) is 17.1 Å². The summed E-state index contributed by atoms with van der Waals surface area (Å²) in [5.74, 6) is -1.97. The number of nitrogens with two attached hydrogens (primary N) is 1. The van der Waals surface area contributed by atoms with E-state index in [2.05, 4.69) is 0 Å². The van der Waals surface area contributed by atoms with Crippen molar-refractivity contribution in [2.75, 3.05) is 6.61 Å². The van der Waals surface area contributed by atoms with Crippen LogP contribution in [0.1, 0.15) is 41.7 Å². The van der Waals surface area contributed by atoms with Gasteiger partial charge >= 0.3 is 22.4 Å². The van der Waals surface area contributed by atoms with Crippen LogP contribution in [0.2, 0.25) is 0 Å². The first-order chi connectivity index (χ1) is 10.8. The Hall–Kier alpha value is -1.67. The van der Waals surface area contributed by atoms with Gasteiger partial charge in [0.25, 0.3) is 0 Å². The first kappa shape index (κ1) is 17.2. The second-order valence-corrected chi connectivity index (χ2v) is 6.34. The summed E-state index contributed by atoms with van der Waals surface area (Å²) < 4.78 is 21.9. The number of pyridine rings is 1. The molecule has 24 heavy (non-hydrogen) atoms. The van der Waals surface area contributed by atoms with Crippen LogP contribution < -0.4 is 21.0 Å². The second-order valence-electron chi connectivity index (χ2n) is 6.34. The molecule has 1 saturated carbocycles. The van der Waals surface area contributed by atoms with Gasteiger partial charge in [-0.1, -0.05) is 0 Å². The van der Waals surface area contributed by atoms with Crippen molar-refractivity contribution in [3.8, 4) is 5.75 Å². The fourth-order valence-corrected chi connectivity index (χ4v) is 3.22. The monoisotopic (exact) mass is 424 g/mol. The Morgan fingerprint density at radius 1 is 1.50 bits per heavy atom. The Labute approximate surface area is 151 Å². The molecule has 2 heterocycles. The Morgan fingerprint density at radius 2 is 2.17 bits per heavy atom. The third-order valence-corrected chi connectivity index (χ3v) is 4.67. The minimum Gasteiger partial charge on any atom is -0.545 e. The van der Waals surface area contributed by atoms with Crippen molar-refractivity contribution in [1.29, 1.82) is 0 Å². The second kappa shape index (κ2) is 5.42. The molecule has 0 amide bonds. The van der Waals surface area contributed by atoms with Crippen LogP contribution in [0.5, 0.6) is 5.75 Å². The zero-order chi connectivity index (χ0) is 16.5. The van der Waals surface area contributed by atoms with Crippen LogP contribution in [-0.4, -0.2) is 17.1 Å².